The zero-order valence-corrected chi connectivity index (χ0v) is 16.6. The fourth-order valence-corrected chi connectivity index (χ4v) is 3.34. The summed E-state index contributed by atoms with van der Waals surface area (Å²) >= 11 is 0. The second-order valence-corrected chi connectivity index (χ2v) is 7.23. The molecule has 1 unspecified atom stereocenters. The van der Waals surface area contributed by atoms with Gasteiger partial charge >= 0.3 is 5.97 Å². The zero-order chi connectivity index (χ0) is 18.3. The molecule has 2 atom stereocenters. The van der Waals surface area contributed by atoms with E-state index in [-0.39, 0.29) is 12.1 Å². The van der Waals surface area contributed by atoms with E-state index < -0.39 is 0 Å². The van der Waals surface area contributed by atoms with Gasteiger partial charge in [0.25, 0.3) is 0 Å². The number of hydrogen-bond donors (Lipinski definition) is 0. The fourth-order valence-electron chi connectivity index (χ4n) is 3.34. The van der Waals surface area contributed by atoms with Crippen LogP contribution in [0, 0.1) is 5.92 Å². The Kier molecular flexibility index (Phi) is 12.2. The van der Waals surface area contributed by atoms with Gasteiger partial charge in [0.2, 0.25) is 0 Å². The largest absolute Gasteiger partial charge is 0.504 e. The molecule has 0 heterocycles. The summed E-state index contributed by atoms with van der Waals surface area (Å²) in [7, 11) is 1.71. The Labute approximate surface area is 154 Å². The molecule has 0 aromatic heterocycles. The van der Waals surface area contributed by atoms with Crippen molar-refractivity contribution in [3.8, 4) is 0 Å². The van der Waals surface area contributed by atoms with Gasteiger partial charge in [0, 0.05) is 6.42 Å². The van der Waals surface area contributed by atoms with Gasteiger partial charge in [-0.1, -0.05) is 52.0 Å². The Balaban J connectivity index is 2.44. The lowest BCUT2D eigenvalue weighted by Crippen LogP contribution is -2.16. The third kappa shape index (κ3) is 10.4. The van der Waals surface area contributed by atoms with Crippen LogP contribution in [0.5, 0.6) is 0 Å². The molecular formula is C22H38O3. The average molecular weight is 351 g/mol. The number of hydrogen-bond acceptors (Lipinski definition) is 3. The van der Waals surface area contributed by atoms with Crippen LogP contribution in [0.3, 0.4) is 0 Å². The molecule has 0 bridgehead atoms. The molecule has 0 N–H and O–H groups in total. The van der Waals surface area contributed by atoms with Gasteiger partial charge in [-0.15, -0.1) is 0 Å². The molecule has 0 radical (unpaired) electrons. The summed E-state index contributed by atoms with van der Waals surface area (Å²) in [6.45, 7) is 4.38. The van der Waals surface area contributed by atoms with Crippen molar-refractivity contribution in [2.45, 2.75) is 97.0 Å². The van der Waals surface area contributed by atoms with E-state index in [0.29, 0.717) is 12.3 Å². The summed E-state index contributed by atoms with van der Waals surface area (Å²) < 4.78 is 10.9. The minimum Gasteiger partial charge on any atom is -0.504 e. The van der Waals surface area contributed by atoms with Crippen molar-refractivity contribution in [3.63, 3.8) is 0 Å². The minimum atomic E-state index is -0.0549. The van der Waals surface area contributed by atoms with Crippen LogP contribution in [0.25, 0.3) is 0 Å². The lowest BCUT2D eigenvalue weighted by atomic mass is 10.0. The van der Waals surface area contributed by atoms with Crippen LogP contribution in [-0.4, -0.2) is 19.2 Å². The quantitative estimate of drug-likeness (QED) is 0.168. The molecule has 0 aliphatic heterocycles. The number of carbonyl (C=O) groups excluding carboxylic acids is 1. The Bertz CT molecular complexity index is 411. The number of unbranched alkanes of at least 4 members (excludes halogenated alkanes) is 5. The van der Waals surface area contributed by atoms with Crippen molar-refractivity contribution in [1.82, 2.24) is 0 Å². The summed E-state index contributed by atoms with van der Waals surface area (Å²) in [5.41, 5.74) is 1.38. The topological polar surface area (TPSA) is 35.5 Å². The number of ether oxygens (including phenoxy) is 2. The van der Waals surface area contributed by atoms with E-state index in [4.69, 9.17) is 9.47 Å². The van der Waals surface area contributed by atoms with E-state index in [2.05, 4.69) is 26.0 Å². The normalized spacial score (nSPS) is 20.3. The summed E-state index contributed by atoms with van der Waals surface area (Å²) in [5, 5.41) is 0. The van der Waals surface area contributed by atoms with Crippen molar-refractivity contribution in [3.05, 3.63) is 24.0 Å². The molecule has 0 aromatic rings. The number of allylic oxidation sites excluding steroid dienone is 2. The molecule has 1 aliphatic carbocycles. The van der Waals surface area contributed by atoms with Crippen molar-refractivity contribution < 1.29 is 14.3 Å². The number of esters is 1. The predicted octanol–water partition coefficient (Wildman–Crippen LogP) is 6.34. The number of methoxy groups -OCH3 is 1. The average Bonchev–Trinajstić information content (AvgIpc) is 3.04. The zero-order valence-electron chi connectivity index (χ0n) is 16.6. The Morgan fingerprint density at radius 3 is 2.64 bits per heavy atom. The monoisotopic (exact) mass is 350 g/mol. The smallest absolute Gasteiger partial charge is 0.306 e. The van der Waals surface area contributed by atoms with Crippen molar-refractivity contribution in [1.29, 1.82) is 0 Å². The maximum atomic E-state index is 12.1. The highest BCUT2D eigenvalue weighted by molar-refractivity contribution is 5.69. The maximum Gasteiger partial charge on any atom is 0.306 e. The summed E-state index contributed by atoms with van der Waals surface area (Å²) in [6.07, 6.45) is 19.0. The highest BCUT2D eigenvalue weighted by atomic mass is 16.5. The first-order valence-electron chi connectivity index (χ1n) is 10.3. The molecule has 1 fully saturated rings. The molecule has 0 saturated heterocycles. The van der Waals surface area contributed by atoms with Crippen LogP contribution in [0.2, 0.25) is 0 Å². The first-order chi connectivity index (χ1) is 12.2. The second kappa shape index (κ2) is 14.0. The minimum absolute atomic E-state index is 0.0337. The van der Waals surface area contributed by atoms with Crippen LogP contribution in [0.15, 0.2) is 24.0 Å². The van der Waals surface area contributed by atoms with Crippen molar-refractivity contribution in [2.24, 2.45) is 5.92 Å². The third-order valence-corrected chi connectivity index (χ3v) is 4.85. The van der Waals surface area contributed by atoms with Gasteiger partial charge in [0.1, 0.15) is 6.10 Å². The summed E-state index contributed by atoms with van der Waals surface area (Å²) in [4.78, 5) is 12.1. The van der Waals surface area contributed by atoms with Gasteiger partial charge in [-0.25, -0.2) is 0 Å². The van der Waals surface area contributed by atoms with Gasteiger partial charge in [-0.2, -0.15) is 0 Å². The fraction of sp³-hybridized carbons (Fsp3) is 0.773. The van der Waals surface area contributed by atoms with Crippen molar-refractivity contribution >= 4 is 5.97 Å². The Morgan fingerprint density at radius 1 is 1.16 bits per heavy atom. The molecule has 0 amide bonds. The molecule has 144 valence electrons. The van der Waals surface area contributed by atoms with E-state index in [1.807, 2.05) is 6.26 Å². The summed E-state index contributed by atoms with van der Waals surface area (Å²) in [5.74, 6) is 0.520. The number of rotatable bonds is 13. The predicted molar refractivity (Wildman–Crippen MR) is 104 cm³/mol. The molecule has 1 saturated carbocycles. The van der Waals surface area contributed by atoms with Gasteiger partial charge in [-0.05, 0) is 56.1 Å². The SMILES string of the molecule is CCCCCCC(=O)O[C@H](C=CC1CCC(=COC)C1)CCCCC. The van der Waals surface area contributed by atoms with E-state index in [9.17, 15) is 4.79 Å². The second-order valence-electron chi connectivity index (χ2n) is 7.23. The summed E-state index contributed by atoms with van der Waals surface area (Å²) in [6, 6.07) is 0. The van der Waals surface area contributed by atoms with Gasteiger partial charge in [0.15, 0.2) is 0 Å². The molecule has 0 aromatic carbocycles. The highest BCUT2D eigenvalue weighted by Gasteiger charge is 2.18. The molecule has 1 rings (SSSR count). The maximum absolute atomic E-state index is 12.1. The van der Waals surface area contributed by atoms with Crippen LogP contribution in [0.1, 0.15) is 90.9 Å². The Morgan fingerprint density at radius 2 is 1.92 bits per heavy atom. The molecule has 3 heteroatoms. The van der Waals surface area contributed by atoms with Crippen LogP contribution < -0.4 is 0 Å². The van der Waals surface area contributed by atoms with E-state index >= 15 is 0 Å². The van der Waals surface area contributed by atoms with Gasteiger partial charge in [0.05, 0.1) is 13.4 Å². The molecule has 25 heavy (non-hydrogen) atoms. The first-order valence-corrected chi connectivity index (χ1v) is 10.3. The third-order valence-electron chi connectivity index (χ3n) is 4.85. The molecule has 0 spiro atoms. The van der Waals surface area contributed by atoms with E-state index in [1.165, 1.54) is 37.7 Å². The first kappa shape index (κ1) is 21.8. The number of carbonyl (C=O) groups is 1. The van der Waals surface area contributed by atoms with Crippen LogP contribution in [0.4, 0.5) is 0 Å². The van der Waals surface area contributed by atoms with Crippen LogP contribution in [-0.2, 0) is 14.3 Å². The highest BCUT2D eigenvalue weighted by Crippen LogP contribution is 2.31. The van der Waals surface area contributed by atoms with Gasteiger partial charge < -0.3 is 9.47 Å². The molecule has 3 nitrogen and oxygen atoms in total. The lowest BCUT2D eigenvalue weighted by molar-refractivity contribution is -0.147. The lowest BCUT2D eigenvalue weighted by Gasteiger charge is -2.15. The van der Waals surface area contributed by atoms with E-state index in [0.717, 1.165) is 38.5 Å². The Hall–Kier alpha value is -1.25. The van der Waals surface area contributed by atoms with E-state index in [1.54, 1.807) is 7.11 Å². The van der Waals surface area contributed by atoms with Crippen LogP contribution >= 0.6 is 0 Å². The molecule has 1 aliphatic rings. The van der Waals surface area contributed by atoms with Gasteiger partial charge in [-0.3, -0.25) is 4.79 Å². The standard InChI is InChI=1S/C22H38O3/c1-4-6-8-10-12-22(23)25-21(11-9-7-5-2)16-15-19-13-14-20(17-19)18-24-3/h15-16,18-19,21H,4-14,17H2,1-3H3/t19?,21-/m0/s1. The van der Waals surface area contributed by atoms with Crippen molar-refractivity contribution in [2.75, 3.05) is 7.11 Å². The molecular weight excluding hydrogens is 312 g/mol.